The molecule has 0 N–H and O–H groups in total. The summed E-state index contributed by atoms with van der Waals surface area (Å²) in [5.74, 6) is 2.15. The van der Waals surface area contributed by atoms with Gasteiger partial charge in [-0.05, 0) is 37.8 Å². The first kappa shape index (κ1) is 19.2. The van der Waals surface area contributed by atoms with Gasteiger partial charge in [-0.3, -0.25) is 4.40 Å². The Morgan fingerprint density at radius 2 is 1.79 bits per heavy atom. The van der Waals surface area contributed by atoms with Crippen LogP contribution in [0, 0.1) is 6.92 Å². The van der Waals surface area contributed by atoms with Crippen molar-refractivity contribution in [3.8, 4) is 11.8 Å². The lowest BCUT2D eigenvalue weighted by atomic mass is 10.1. The second kappa shape index (κ2) is 8.47. The topological polar surface area (TPSA) is 61.5 Å². The number of hydrogen-bond acceptors (Lipinski definition) is 5. The lowest BCUT2D eigenvalue weighted by Crippen LogP contribution is -2.06. The summed E-state index contributed by atoms with van der Waals surface area (Å²) in [7, 11) is 1.62. The minimum absolute atomic E-state index is 0.561. The van der Waals surface area contributed by atoms with Gasteiger partial charge in [-0.2, -0.15) is 4.98 Å². The van der Waals surface area contributed by atoms with E-state index >= 15 is 0 Å². The zero-order valence-electron chi connectivity index (χ0n) is 17.2. The monoisotopic (exact) mass is 390 g/mol. The molecule has 0 radical (unpaired) electrons. The Labute approximate surface area is 170 Å². The molecule has 3 heterocycles. The first-order chi connectivity index (χ1) is 14.2. The Balaban J connectivity index is 1.69. The van der Waals surface area contributed by atoms with Crippen molar-refractivity contribution in [1.29, 1.82) is 0 Å². The third-order valence-electron chi connectivity index (χ3n) is 4.96. The van der Waals surface area contributed by atoms with Crippen LogP contribution >= 0.6 is 0 Å². The highest BCUT2D eigenvalue weighted by Crippen LogP contribution is 2.28. The van der Waals surface area contributed by atoms with E-state index in [2.05, 4.69) is 40.6 Å². The quantitative estimate of drug-likeness (QED) is 0.413. The molecule has 1 aromatic carbocycles. The van der Waals surface area contributed by atoms with Crippen LogP contribution in [0.1, 0.15) is 36.8 Å². The van der Waals surface area contributed by atoms with E-state index in [4.69, 9.17) is 19.4 Å². The highest BCUT2D eigenvalue weighted by Gasteiger charge is 2.18. The number of fused-ring (bicyclic) bond motifs is 3. The number of nitrogens with zero attached hydrogens (tertiary/aromatic N) is 4. The number of benzene rings is 1. The number of hydrogen-bond donors (Lipinski definition) is 0. The van der Waals surface area contributed by atoms with Crippen LogP contribution in [0.15, 0.2) is 42.5 Å². The van der Waals surface area contributed by atoms with Crippen molar-refractivity contribution in [2.75, 3.05) is 13.7 Å². The van der Waals surface area contributed by atoms with Gasteiger partial charge in [0.05, 0.1) is 19.4 Å². The van der Waals surface area contributed by atoms with Gasteiger partial charge in [0.1, 0.15) is 16.9 Å². The molecule has 29 heavy (non-hydrogen) atoms. The molecule has 0 unspecified atom stereocenters. The molecule has 3 aromatic heterocycles. The minimum atomic E-state index is 0.561. The van der Waals surface area contributed by atoms with Crippen molar-refractivity contribution in [2.24, 2.45) is 0 Å². The Kier molecular flexibility index (Phi) is 5.60. The van der Waals surface area contributed by atoms with Crippen molar-refractivity contribution >= 4 is 16.7 Å². The molecule has 150 valence electrons. The van der Waals surface area contributed by atoms with E-state index < -0.39 is 0 Å². The van der Waals surface area contributed by atoms with E-state index in [0.29, 0.717) is 18.4 Å². The fourth-order valence-corrected chi connectivity index (χ4v) is 3.60. The van der Waals surface area contributed by atoms with Gasteiger partial charge >= 0.3 is 0 Å². The summed E-state index contributed by atoms with van der Waals surface area (Å²) in [4.78, 5) is 14.2. The Hall–Kier alpha value is -3.15. The lowest BCUT2D eigenvalue weighted by molar-refractivity contribution is 0.303. The van der Waals surface area contributed by atoms with E-state index in [-0.39, 0.29) is 0 Å². The van der Waals surface area contributed by atoms with E-state index in [1.165, 1.54) is 5.56 Å². The van der Waals surface area contributed by atoms with Crippen LogP contribution in [0.2, 0.25) is 0 Å². The predicted octanol–water partition coefficient (Wildman–Crippen LogP) is 4.56. The van der Waals surface area contributed by atoms with Crippen LogP contribution < -0.4 is 9.47 Å². The fraction of sp³-hybridized carbons (Fsp3) is 0.348. The number of rotatable bonds is 8. The Bertz CT molecular complexity index is 1120. The summed E-state index contributed by atoms with van der Waals surface area (Å²) < 4.78 is 13.6. The predicted molar refractivity (Wildman–Crippen MR) is 114 cm³/mol. The Morgan fingerprint density at radius 1 is 0.966 bits per heavy atom. The third kappa shape index (κ3) is 3.88. The maximum absolute atomic E-state index is 6.15. The van der Waals surface area contributed by atoms with Crippen LogP contribution in [0.4, 0.5) is 0 Å². The maximum Gasteiger partial charge on any atom is 0.241 e. The van der Waals surface area contributed by atoms with Gasteiger partial charge in [-0.15, -0.1) is 0 Å². The maximum atomic E-state index is 6.15. The minimum Gasteiger partial charge on any atom is -0.481 e. The second-order valence-electron chi connectivity index (χ2n) is 7.10. The van der Waals surface area contributed by atoms with Crippen molar-refractivity contribution in [1.82, 2.24) is 19.4 Å². The zero-order chi connectivity index (χ0) is 20.2. The Morgan fingerprint density at radius 3 is 2.55 bits per heavy atom. The summed E-state index contributed by atoms with van der Waals surface area (Å²) in [5.41, 5.74) is 4.63. The average Bonchev–Trinajstić information content (AvgIpc) is 3.08. The van der Waals surface area contributed by atoms with Crippen molar-refractivity contribution < 1.29 is 9.47 Å². The van der Waals surface area contributed by atoms with Crippen LogP contribution in [-0.4, -0.2) is 33.1 Å². The van der Waals surface area contributed by atoms with Crippen molar-refractivity contribution in [3.05, 3.63) is 59.5 Å². The highest BCUT2D eigenvalue weighted by molar-refractivity contribution is 5.79. The first-order valence-electron chi connectivity index (χ1n) is 10.1. The molecule has 4 aromatic rings. The molecule has 6 nitrogen and oxygen atoms in total. The standard InChI is InChI=1S/C23H26N4O2/c1-4-9-19-24-16(2)21-23(29-15-8-12-17-10-6-5-7-11-17)25-18-13-14-20(28-3)26-22(18)27(19)21/h5-7,10-11,13-14H,4,8-9,12,15H2,1-3H3. The van der Waals surface area contributed by atoms with Crippen LogP contribution in [0.3, 0.4) is 0 Å². The molecule has 0 saturated carbocycles. The van der Waals surface area contributed by atoms with Crippen LogP contribution in [-0.2, 0) is 12.8 Å². The van der Waals surface area contributed by atoms with Gasteiger partial charge in [0.25, 0.3) is 0 Å². The molecule has 4 rings (SSSR count). The van der Waals surface area contributed by atoms with Gasteiger partial charge < -0.3 is 9.47 Å². The lowest BCUT2D eigenvalue weighted by Gasteiger charge is -2.11. The average molecular weight is 390 g/mol. The molecular formula is C23H26N4O2. The summed E-state index contributed by atoms with van der Waals surface area (Å²) in [6, 6.07) is 14.2. The molecule has 0 saturated heterocycles. The molecule has 0 atom stereocenters. The molecule has 0 aliphatic heterocycles. The van der Waals surface area contributed by atoms with Gasteiger partial charge in [0.15, 0.2) is 5.65 Å². The summed E-state index contributed by atoms with van der Waals surface area (Å²) in [6.07, 6.45) is 3.76. The molecule has 0 spiro atoms. The summed E-state index contributed by atoms with van der Waals surface area (Å²) >= 11 is 0. The second-order valence-corrected chi connectivity index (χ2v) is 7.10. The van der Waals surface area contributed by atoms with Gasteiger partial charge in [0, 0.05) is 12.5 Å². The zero-order valence-corrected chi connectivity index (χ0v) is 17.2. The van der Waals surface area contributed by atoms with Gasteiger partial charge in [-0.25, -0.2) is 9.97 Å². The molecule has 0 bridgehead atoms. The van der Waals surface area contributed by atoms with E-state index in [0.717, 1.165) is 53.9 Å². The number of aromatic nitrogens is 4. The van der Waals surface area contributed by atoms with Gasteiger partial charge in [-0.1, -0.05) is 37.3 Å². The third-order valence-corrected chi connectivity index (χ3v) is 4.96. The van der Waals surface area contributed by atoms with Gasteiger partial charge in [0.2, 0.25) is 11.8 Å². The number of pyridine rings is 1. The fourth-order valence-electron chi connectivity index (χ4n) is 3.60. The largest absolute Gasteiger partial charge is 0.481 e. The number of imidazole rings is 1. The first-order valence-corrected chi connectivity index (χ1v) is 10.1. The molecule has 0 amide bonds. The van der Waals surface area contributed by atoms with Crippen LogP contribution in [0.25, 0.3) is 16.7 Å². The number of aryl methyl sites for hydroxylation is 3. The summed E-state index contributed by atoms with van der Waals surface area (Å²) in [5, 5.41) is 0. The SMILES string of the molecule is CCCc1nc(C)c2c(OCCCc3ccccc3)nc3ccc(OC)nc3n12. The number of methoxy groups -OCH3 is 1. The smallest absolute Gasteiger partial charge is 0.241 e. The summed E-state index contributed by atoms with van der Waals surface area (Å²) in [6.45, 7) is 4.74. The molecule has 0 fully saturated rings. The van der Waals surface area contributed by atoms with E-state index in [1.54, 1.807) is 7.11 Å². The molecule has 0 aliphatic rings. The van der Waals surface area contributed by atoms with Crippen molar-refractivity contribution in [2.45, 2.75) is 39.5 Å². The molecule has 6 heteroatoms. The normalized spacial score (nSPS) is 11.3. The van der Waals surface area contributed by atoms with Crippen LogP contribution in [0.5, 0.6) is 11.8 Å². The highest BCUT2D eigenvalue weighted by atomic mass is 16.5. The molecule has 0 aliphatic carbocycles. The van der Waals surface area contributed by atoms with E-state index in [1.807, 2.05) is 25.1 Å². The van der Waals surface area contributed by atoms with E-state index in [9.17, 15) is 0 Å². The number of ether oxygens (including phenoxy) is 2. The molecular weight excluding hydrogens is 364 g/mol. The van der Waals surface area contributed by atoms with Crippen molar-refractivity contribution in [3.63, 3.8) is 0 Å².